The van der Waals surface area contributed by atoms with Crippen molar-refractivity contribution in [2.45, 2.75) is 72.1 Å². The van der Waals surface area contributed by atoms with E-state index in [0.29, 0.717) is 12.2 Å². The summed E-state index contributed by atoms with van der Waals surface area (Å²) >= 11 is 0. The molecule has 1 saturated heterocycles. The molecule has 0 aromatic heterocycles. The largest absolute Gasteiger partial charge is 0.495 e. The maximum absolute atomic E-state index is 12.9. The van der Waals surface area contributed by atoms with Crippen LogP contribution in [0.25, 0.3) is 11.1 Å². The first kappa shape index (κ1) is 26.3. The van der Waals surface area contributed by atoms with Crippen molar-refractivity contribution in [1.82, 2.24) is 5.32 Å². The predicted octanol–water partition coefficient (Wildman–Crippen LogP) is 5.53. The van der Waals surface area contributed by atoms with Crippen LogP contribution in [0.2, 0.25) is 0 Å². The second kappa shape index (κ2) is 9.47. The Hall–Kier alpha value is -3.29. The van der Waals surface area contributed by atoms with Crippen LogP contribution in [0.3, 0.4) is 0 Å². The summed E-state index contributed by atoms with van der Waals surface area (Å²) in [5.41, 5.74) is 15.9. The molecule has 3 N–H and O–H groups in total. The number of hydrogen-bond acceptors (Lipinski definition) is 5. The van der Waals surface area contributed by atoms with Gasteiger partial charge in [-0.2, -0.15) is 0 Å². The molecule has 1 amide bonds. The molecule has 38 heavy (non-hydrogen) atoms. The van der Waals surface area contributed by atoms with Gasteiger partial charge in [0, 0.05) is 18.2 Å². The fourth-order valence-electron chi connectivity index (χ4n) is 5.70. The second-order valence-corrected chi connectivity index (χ2v) is 11.4. The highest BCUT2D eigenvalue weighted by atomic mass is 16.7. The van der Waals surface area contributed by atoms with E-state index in [0.717, 1.165) is 27.7 Å². The first-order valence-electron chi connectivity index (χ1n) is 13.3. The highest BCUT2D eigenvalue weighted by Crippen LogP contribution is 2.44. The van der Waals surface area contributed by atoms with Gasteiger partial charge in [-0.25, -0.2) is 4.79 Å². The first-order valence-corrected chi connectivity index (χ1v) is 13.3. The Labute approximate surface area is 226 Å². The Bertz CT molecular complexity index is 1350. The Morgan fingerprint density at radius 2 is 1.42 bits per heavy atom. The molecule has 3 aromatic carbocycles. The number of carbonyl (C=O) groups excluding carboxylic acids is 1. The molecule has 7 heteroatoms. The van der Waals surface area contributed by atoms with E-state index in [9.17, 15) is 4.79 Å². The monoisotopic (exact) mass is 512 g/mol. The van der Waals surface area contributed by atoms with E-state index >= 15 is 0 Å². The van der Waals surface area contributed by atoms with Gasteiger partial charge in [0.05, 0.1) is 11.2 Å². The summed E-state index contributed by atoms with van der Waals surface area (Å²) in [4.78, 5) is 12.9. The third-order valence-corrected chi connectivity index (χ3v) is 8.76. The summed E-state index contributed by atoms with van der Waals surface area (Å²) < 4.78 is 18.4. The van der Waals surface area contributed by atoms with Crippen LogP contribution in [-0.2, 0) is 20.6 Å². The van der Waals surface area contributed by atoms with Crippen LogP contribution in [0.5, 0.6) is 0 Å². The number of nitrogens with two attached hydrogens (primary N) is 1. The minimum atomic E-state index is -0.531. The minimum Gasteiger partial charge on any atom is -0.449 e. The van der Waals surface area contributed by atoms with Crippen LogP contribution in [0.15, 0.2) is 48.5 Å². The molecule has 198 valence electrons. The topological polar surface area (TPSA) is 82.8 Å². The van der Waals surface area contributed by atoms with Gasteiger partial charge in [-0.15, -0.1) is 0 Å². The quantitative estimate of drug-likeness (QED) is 0.347. The van der Waals surface area contributed by atoms with Crippen molar-refractivity contribution in [1.29, 1.82) is 0 Å². The Kier molecular flexibility index (Phi) is 6.56. The van der Waals surface area contributed by atoms with Gasteiger partial charge >= 0.3 is 13.2 Å². The number of nitrogen functional groups attached to an aromatic ring is 1. The summed E-state index contributed by atoms with van der Waals surface area (Å²) in [5.74, 6) is 0.0154. The SMILES string of the molecule is Cc1c(N)c(C)c(B2OC(C)(C)C(C)(C)O2)c(C)c1CNC(=O)OCC1c2ccccc2-c2ccccc21. The second-order valence-electron chi connectivity index (χ2n) is 11.4. The summed E-state index contributed by atoms with van der Waals surface area (Å²) in [6.07, 6.45) is -0.456. The van der Waals surface area contributed by atoms with Gasteiger partial charge in [-0.3, -0.25) is 0 Å². The van der Waals surface area contributed by atoms with Gasteiger partial charge in [0.15, 0.2) is 0 Å². The van der Waals surface area contributed by atoms with Crippen LogP contribution in [0.4, 0.5) is 10.5 Å². The third-order valence-electron chi connectivity index (χ3n) is 8.76. The molecule has 0 atom stereocenters. The number of amides is 1. The zero-order chi connectivity index (χ0) is 27.4. The average Bonchev–Trinajstić information content (AvgIpc) is 3.30. The van der Waals surface area contributed by atoms with Gasteiger partial charge in [0.25, 0.3) is 0 Å². The smallest absolute Gasteiger partial charge is 0.449 e. The summed E-state index contributed by atoms with van der Waals surface area (Å²) in [7, 11) is -0.531. The molecule has 0 saturated carbocycles. The highest BCUT2D eigenvalue weighted by Gasteiger charge is 2.52. The molecule has 1 fully saturated rings. The third kappa shape index (κ3) is 4.28. The number of alkyl carbamates (subject to hydrolysis) is 1. The molecule has 5 rings (SSSR count). The van der Waals surface area contributed by atoms with Gasteiger partial charge < -0.3 is 25.1 Å². The van der Waals surface area contributed by atoms with E-state index in [1.165, 1.54) is 22.3 Å². The van der Waals surface area contributed by atoms with E-state index in [-0.39, 0.29) is 12.5 Å². The molecule has 0 spiro atoms. The molecule has 3 aromatic rings. The lowest BCUT2D eigenvalue weighted by atomic mass is 9.71. The lowest BCUT2D eigenvalue weighted by Gasteiger charge is -2.32. The molecule has 0 unspecified atom stereocenters. The zero-order valence-corrected chi connectivity index (χ0v) is 23.4. The van der Waals surface area contributed by atoms with Crippen LogP contribution in [0, 0.1) is 20.8 Å². The van der Waals surface area contributed by atoms with Crippen molar-refractivity contribution in [2.24, 2.45) is 0 Å². The van der Waals surface area contributed by atoms with Gasteiger partial charge in [-0.05, 0) is 98.4 Å². The predicted molar refractivity (Wildman–Crippen MR) is 153 cm³/mol. The van der Waals surface area contributed by atoms with Crippen molar-refractivity contribution >= 4 is 24.4 Å². The molecule has 1 heterocycles. The van der Waals surface area contributed by atoms with Crippen molar-refractivity contribution in [3.05, 3.63) is 81.9 Å². The number of benzene rings is 3. The molecule has 6 nitrogen and oxygen atoms in total. The molecular formula is C31H37BN2O4. The maximum atomic E-state index is 12.9. The average molecular weight is 512 g/mol. The van der Waals surface area contributed by atoms with Crippen LogP contribution in [-0.4, -0.2) is 31.0 Å². The number of rotatable bonds is 5. The Morgan fingerprint density at radius 3 is 1.97 bits per heavy atom. The van der Waals surface area contributed by atoms with Crippen LogP contribution < -0.4 is 16.5 Å². The zero-order valence-electron chi connectivity index (χ0n) is 23.4. The molecular weight excluding hydrogens is 475 g/mol. The number of nitrogens with one attached hydrogen (secondary N) is 1. The summed E-state index contributed by atoms with van der Waals surface area (Å²) in [5, 5.41) is 2.95. The van der Waals surface area contributed by atoms with Crippen molar-refractivity contribution in [3.63, 3.8) is 0 Å². The Morgan fingerprint density at radius 1 is 0.895 bits per heavy atom. The fourth-order valence-corrected chi connectivity index (χ4v) is 5.70. The lowest BCUT2D eigenvalue weighted by molar-refractivity contribution is 0.00578. The van der Waals surface area contributed by atoms with Gasteiger partial charge in [-0.1, -0.05) is 48.5 Å². The fraction of sp³-hybridized carbons (Fsp3) is 0.387. The van der Waals surface area contributed by atoms with Crippen LogP contribution >= 0.6 is 0 Å². The molecule has 2 aliphatic rings. The van der Waals surface area contributed by atoms with E-state index in [1.54, 1.807) is 0 Å². The maximum Gasteiger partial charge on any atom is 0.495 e. The Balaban J connectivity index is 1.32. The van der Waals surface area contributed by atoms with Crippen LogP contribution in [0.1, 0.15) is 67.0 Å². The van der Waals surface area contributed by atoms with Gasteiger partial charge in [0.2, 0.25) is 0 Å². The van der Waals surface area contributed by atoms with Crippen molar-refractivity contribution in [2.75, 3.05) is 12.3 Å². The number of hydrogen-bond donors (Lipinski definition) is 2. The number of ether oxygens (including phenoxy) is 1. The lowest BCUT2D eigenvalue weighted by Crippen LogP contribution is -2.41. The molecule has 1 aliphatic carbocycles. The molecule has 0 radical (unpaired) electrons. The van der Waals surface area contributed by atoms with E-state index in [4.69, 9.17) is 19.8 Å². The number of anilines is 1. The first-order chi connectivity index (χ1) is 17.9. The normalized spacial score (nSPS) is 17.3. The van der Waals surface area contributed by atoms with E-state index in [1.807, 2.05) is 72.7 Å². The summed E-state index contributed by atoms with van der Waals surface area (Å²) in [6, 6.07) is 16.6. The standard InChI is InChI=1S/C31H37BN2O4/c1-18-25(19(2)28(33)20(3)27(18)32-37-30(4,5)31(6,7)38-32)16-34-29(35)36-17-26-23-14-10-8-12-21(23)22-13-9-11-15-24(22)26/h8-15,26H,16-17,33H2,1-7H3,(H,34,35). The van der Waals surface area contributed by atoms with Gasteiger partial charge in [0.1, 0.15) is 6.61 Å². The van der Waals surface area contributed by atoms with Crippen molar-refractivity contribution < 1.29 is 18.8 Å². The number of carbonyl (C=O) groups is 1. The molecule has 0 bridgehead atoms. The highest BCUT2D eigenvalue weighted by molar-refractivity contribution is 6.63. The summed E-state index contributed by atoms with van der Waals surface area (Å²) in [6.45, 7) is 14.7. The van der Waals surface area contributed by atoms with E-state index in [2.05, 4.69) is 29.6 Å². The van der Waals surface area contributed by atoms with E-state index < -0.39 is 24.4 Å². The minimum absolute atomic E-state index is 0.0154. The molecule has 1 aliphatic heterocycles. The van der Waals surface area contributed by atoms with Crippen molar-refractivity contribution in [3.8, 4) is 11.1 Å². The number of fused-ring (bicyclic) bond motifs is 3.